The summed E-state index contributed by atoms with van der Waals surface area (Å²) >= 11 is 0. The normalized spacial score (nSPS) is 28.0. The molecule has 5 heteroatoms. The Morgan fingerprint density at radius 1 is 0.938 bits per heavy atom. The fourth-order valence-corrected chi connectivity index (χ4v) is 5.87. The van der Waals surface area contributed by atoms with Crippen LogP contribution in [0.3, 0.4) is 0 Å². The Balaban J connectivity index is 1.57. The summed E-state index contributed by atoms with van der Waals surface area (Å²) in [6, 6.07) is 20.8. The lowest BCUT2D eigenvalue weighted by Gasteiger charge is -2.40. The van der Waals surface area contributed by atoms with Crippen LogP contribution in [-0.4, -0.2) is 24.3 Å². The topological polar surface area (TPSA) is 60.8 Å². The molecule has 32 heavy (non-hydrogen) atoms. The molecule has 1 aliphatic heterocycles. The molecule has 2 aromatic carbocycles. The highest BCUT2D eigenvalue weighted by Gasteiger charge is 2.69. The molecule has 0 amide bonds. The number of nitrogens with zero attached hydrogens (tertiary/aromatic N) is 1. The number of pyridine rings is 1. The van der Waals surface area contributed by atoms with Gasteiger partial charge in [0.1, 0.15) is 11.4 Å². The van der Waals surface area contributed by atoms with Gasteiger partial charge in [0.2, 0.25) is 11.8 Å². The molecule has 5 nitrogen and oxygen atoms in total. The minimum Gasteiger partial charge on any atom is -0.481 e. The van der Waals surface area contributed by atoms with Gasteiger partial charge in [-0.1, -0.05) is 54.6 Å². The van der Waals surface area contributed by atoms with Crippen LogP contribution in [0, 0.1) is 0 Å². The van der Waals surface area contributed by atoms with Gasteiger partial charge in [0.25, 0.3) is 0 Å². The van der Waals surface area contributed by atoms with Crippen molar-refractivity contribution in [3.8, 4) is 17.5 Å². The molecule has 1 N–H and O–H groups in total. The second-order valence-electron chi connectivity index (χ2n) is 9.14. The van der Waals surface area contributed by atoms with E-state index in [9.17, 15) is 5.11 Å². The lowest BCUT2D eigenvalue weighted by molar-refractivity contribution is -0.106. The maximum atomic E-state index is 12.4. The summed E-state index contributed by atoms with van der Waals surface area (Å²) in [5.41, 5.74) is 1.87. The van der Waals surface area contributed by atoms with Gasteiger partial charge in [-0.2, -0.15) is 4.98 Å². The molecule has 2 fully saturated rings. The summed E-state index contributed by atoms with van der Waals surface area (Å²) in [5, 5.41) is 12.4. The van der Waals surface area contributed by atoms with E-state index in [4.69, 9.17) is 14.2 Å². The van der Waals surface area contributed by atoms with Crippen LogP contribution < -0.4 is 14.2 Å². The Morgan fingerprint density at radius 3 is 2.34 bits per heavy atom. The summed E-state index contributed by atoms with van der Waals surface area (Å²) in [7, 11) is 3.14. The minimum absolute atomic E-state index is 0.0245. The third-order valence-corrected chi connectivity index (χ3v) is 7.50. The minimum atomic E-state index is -1.27. The number of fused-ring (bicyclic) bond motifs is 3. The SMILES string of the molecule is COc1cc2c(c(OC)n1)C1(O)CCC(c3ccccc3)C1(c1ccc(C3CC3)cc1)O2. The van der Waals surface area contributed by atoms with E-state index in [1.807, 2.05) is 18.2 Å². The van der Waals surface area contributed by atoms with Crippen LogP contribution in [-0.2, 0) is 11.2 Å². The zero-order valence-electron chi connectivity index (χ0n) is 18.4. The number of hydrogen-bond acceptors (Lipinski definition) is 5. The highest BCUT2D eigenvalue weighted by atomic mass is 16.5. The van der Waals surface area contributed by atoms with Gasteiger partial charge in [0, 0.05) is 12.0 Å². The van der Waals surface area contributed by atoms with E-state index in [2.05, 4.69) is 41.4 Å². The van der Waals surface area contributed by atoms with Crippen molar-refractivity contribution in [2.45, 2.75) is 48.7 Å². The fourth-order valence-electron chi connectivity index (χ4n) is 5.87. The van der Waals surface area contributed by atoms with Crippen molar-refractivity contribution in [3.05, 3.63) is 82.9 Å². The monoisotopic (exact) mass is 429 g/mol. The van der Waals surface area contributed by atoms with E-state index < -0.39 is 11.2 Å². The number of aromatic nitrogens is 1. The van der Waals surface area contributed by atoms with Crippen molar-refractivity contribution in [1.82, 2.24) is 4.98 Å². The summed E-state index contributed by atoms with van der Waals surface area (Å²) in [6.45, 7) is 0. The first-order valence-corrected chi connectivity index (χ1v) is 11.3. The molecule has 164 valence electrons. The van der Waals surface area contributed by atoms with E-state index in [1.54, 1.807) is 20.3 Å². The van der Waals surface area contributed by atoms with Gasteiger partial charge in [-0.15, -0.1) is 0 Å². The molecule has 0 saturated heterocycles. The molecule has 0 spiro atoms. The molecule has 6 rings (SSSR count). The molecular formula is C27H27NO4. The van der Waals surface area contributed by atoms with Crippen LogP contribution >= 0.6 is 0 Å². The number of methoxy groups -OCH3 is 2. The summed E-state index contributed by atoms with van der Waals surface area (Å²) in [6.07, 6.45) is 3.85. The molecule has 3 atom stereocenters. The van der Waals surface area contributed by atoms with Crippen molar-refractivity contribution >= 4 is 0 Å². The van der Waals surface area contributed by atoms with Crippen molar-refractivity contribution in [2.24, 2.45) is 0 Å². The predicted octanol–water partition coefficient (Wildman–Crippen LogP) is 5.03. The molecule has 0 bridgehead atoms. The standard InChI is InChI=1S/C27H27NO4/c1-30-23-16-22-24(25(28-23)31-2)26(29)15-14-21(19-6-4-3-5-7-19)27(26,32-22)20-12-10-18(11-13-20)17-8-9-17/h3-7,10-13,16-17,21,29H,8-9,14-15H2,1-2H3. The Bertz CT molecular complexity index is 1160. The largest absolute Gasteiger partial charge is 0.481 e. The van der Waals surface area contributed by atoms with Crippen molar-refractivity contribution in [1.29, 1.82) is 0 Å². The molecular weight excluding hydrogens is 402 g/mol. The van der Waals surface area contributed by atoms with Crippen LogP contribution in [0.2, 0.25) is 0 Å². The van der Waals surface area contributed by atoms with E-state index in [1.165, 1.54) is 18.4 Å². The molecule has 3 aromatic rings. The van der Waals surface area contributed by atoms with Gasteiger partial charge in [-0.3, -0.25) is 0 Å². The summed E-state index contributed by atoms with van der Waals surface area (Å²) < 4.78 is 17.8. The molecule has 3 aliphatic rings. The number of benzene rings is 2. The number of ether oxygens (including phenoxy) is 3. The first kappa shape index (κ1) is 19.6. The quantitative estimate of drug-likeness (QED) is 0.616. The predicted molar refractivity (Wildman–Crippen MR) is 120 cm³/mol. The van der Waals surface area contributed by atoms with Crippen LogP contribution in [0.4, 0.5) is 0 Å². The first-order chi connectivity index (χ1) is 15.6. The smallest absolute Gasteiger partial charge is 0.226 e. The van der Waals surface area contributed by atoms with E-state index in [0.29, 0.717) is 35.4 Å². The third kappa shape index (κ3) is 2.58. The van der Waals surface area contributed by atoms with Gasteiger partial charge < -0.3 is 19.3 Å². The van der Waals surface area contributed by atoms with Gasteiger partial charge in [0.15, 0.2) is 5.60 Å². The Labute approximate surface area is 188 Å². The summed E-state index contributed by atoms with van der Waals surface area (Å²) in [5.74, 6) is 1.97. The average Bonchev–Trinajstić information content (AvgIpc) is 3.59. The van der Waals surface area contributed by atoms with E-state index >= 15 is 0 Å². The maximum Gasteiger partial charge on any atom is 0.226 e. The molecule has 2 aliphatic carbocycles. The van der Waals surface area contributed by atoms with Gasteiger partial charge in [0.05, 0.1) is 19.8 Å². The number of hydrogen-bond donors (Lipinski definition) is 1. The van der Waals surface area contributed by atoms with Gasteiger partial charge in [-0.25, -0.2) is 0 Å². The van der Waals surface area contributed by atoms with Crippen LogP contribution in [0.25, 0.3) is 0 Å². The van der Waals surface area contributed by atoms with Crippen LogP contribution in [0.1, 0.15) is 59.8 Å². The second kappa shape index (κ2) is 6.97. The molecule has 2 heterocycles. The Morgan fingerprint density at radius 2 is 1.69 bits per heavy atom. The summed E-state index contributed by atoms with van der Waals surface area (Å²) in [4.78, 5) is 4.47. The fraction of sp³-hybridized carbons (Fsp3) is 0.370. The van der Waals surface area contributed by atoms with E-state index in [0.717, 1.165) is 17.5 Å². The number of rotatable bonds is 5. The van der Waals surface area contributed by atoms with Gasteiger partial charge >= 0.3 is 0 Å². The lowest BCUT2D eigenvalue weighted by atomic mass is 9.71. The number of aliphatic hydroxyl groups is 1. The molecule has 3 unspecified atom stereocenters. The van der Waals surface area contributed by atoms with Crippen molar-refractivity contribution < 1.29 is 19.3 Å². The van der Waals surface area contributed by atoms with Crippen LogP contribution in [0.5, 0.6) is 17.5 Å². The second-order valence-corrected chi connectivity index (χ2v) is 9.14. The molecule has 2 saturated carbocycles. The lowest BCUT2D eigenvalue weighted by Crippen LogP contribution is -2.48. The zero-order valence-corrected chi connectivity index (χ0v) is 18.4. The highest BCUT2D eigenvalue weighted by molar-refractivity contribution is 5.58. The Kier molecular flexibility index (Phi) is 4.28. The third-order valence-electron chi connectivity index (χ3n) is 7.50. The molecule has 1 aromatic heterocycles. The van der Waals surface area contributed by atoms with Gasteiger partial charge in [-0.05, 0) is 48.3 Å². The first-order valence-electron chi connectivity index (χ1n) is 11.3. The highest BCUT2D eigenvalue weighted by Crippen LogP contribution is 2.68. The average molecular weight is 430 g/mol. The molecule has 0 radical (unpaired) electrons. The van der Waals surface area contributed by atoms with Crippen molar-refractivity contribution in [3.63, 3.8) is 0 Å². The van der Waals surface area contributed by atoms with Crippen LogP contribution in [0.15, 0.2) is 60.7 Å². The van der Waals surface area contributed by atoms with Crippen molar-refractivity contribution in [2.75, 3.05) is 14.2 Å². The van der Waals surface area contributed by atoms with E-state index in [-0.39, 0.29) is 5.92 Å². The maximum absolute atomic E-state index is 12.4. The zero-order chi connectivity index (χ0) is 21.9. The Hall–Kier alpha value is -3.05.